The Bertz CT molecular complexity index is 402. The normalized spacial score (nSPS) is 13.9. The quantitative estimate of drug-likeness (QED) is 0.878. The van der Waals surface area contributed by atoms with Gasteiger partial charge in [0.15, 0.2) is 0 Å². The molecule has 0 saturated carbocycles. The van der Waals surface area contributed by atoms with Crippen LogP contribution in [0.25, 0.3) is 0 Å². The summed E-state index contributed by atoms with van der Waals surface area (Å²) in [5.41, 5.74) is 10.1. The smallest absolute Gasteiger partial charge is 0.0345 e. The minimum absolute atomic E-state index is 0.216. The van der Waals surface area contributed by atoms with Crippen molar-refractivity contribution in [2.24, 2.45) is 5.73 Å². The van der Waals surface area contributed by atoms with Gasteiger partial charge in [-0.2, -0.15) is 0 Å². The first-order valence-electron chi connectivity index (χ1n) is 7.25. The van der Waals surface area contributed by atoms with Crippen LogP contribution in [-0.2, 0) is 5.41 Å². The molecule has 0 fully saturated rings. The molecule has 1 rings (SSSR count). The molecule has 0 spiro atoms. The summed E-state index contributed by atoms with van der Waals surface area (Å²) in [4.78, 5) is 2.30. The van der Waals surface area contributed by atoms with Crippen LogP contribution in [0.15, 0.2) is 18.2 Å². The van der Waals surface area contributed by atoms with E-state index in [4.69, 9.17) is 5.73 Å². The first kappa shape index (κ1) is 16.2. The molecule has 1 aromatic rings. The van der Waals surface area contributed by atoms with Crippen LogP contribution in [0.1, 0.15) is 56.3 Å². The predicted octanol–water partition coefficient (Wildman–Crippen LogP) is 3.63. The summed E-state index contributed by atoms with van der Waals surface area (Å²) in [6, 6.07) is 7.39. The fraction of sp³-hybridized carbons (Fsp3) is 0.647. The van der Waals surface area contributed by atoms with Gasteiger partial charge >= 0.3 is 0 Å². The molecule has 1 unspecified atom stereocenters. The number of rotatable bonds is 5. The number of aryl methyl sites for hydroxylation is 1. The van der Waals surface area contributed by atoms with E-state index < -0.39 is 0 Å². The van der Waals surface area contributed by atoms with Crippen molar-refractivity contribution >= 4 is 0 Å². The Morgan fingerprint density at radius 2 is 1.84 bits per heavy atom. The molecular formula is C17H30N2. The molecule has 108 valence electrons. The largest absolute Gasteiger partial charge is 0.330 e. The molecule has 0 aliphatic heterocycles. The first-order valence-corrected chi connectivity index (χ1v) is 7.25. The topological polar surface area (TPSA) is 29.3 Å². The van der Waals surface area contributed by atoms with Gasteiger partial charge < -0.3 is 10.6 Å². The maximum absolute atomic E-state index is 5.66. The molecule has 0 aliphatic carbocycles. The van der Waals surface area contributed by atoms with Crippen molar-refractivity contribution in [3.8, 4) is 0 Å². The van der Waals surface area contributed by atoms with Crippen molar-refractivity contribution in [2.45, 2.75) is 52.0 Å². The lowest BCUT2D eigenvalue weighted by atomic mass is 9.84. The van der Waals surface area contributed by atoms with Gasteiger partial charge in [-0.1, -0.05) is 39.0 Å². The number of hydrogen-bond donors (Lipinski definition) is 1. The standard InChI is InChI=1S/C17H30N2/c1-13-12-14(17(2,3)4)9-10-15(13)16(19(5)6)8-7-11-18/h9-10,12,16H,7-8,11,18H2,1-6H3. The van der Waals surface area contributed by atoms with Gasteiger partial charge in [-0.05, 0) is 62.5 Å². The Morgan fingerprint density at radius 1 is 1.21 bits per heavy atom. The summed E-state index contributed by atoms with van der Waals surface area (Å²) >= 11 is 0. The van der Waals surface area contributed by atoms with E-state index in [1.165, 1.54) is 16.7 Å². The number of hydrogen-bond acceptors (Lipinski definition) is 2. The summed E-state index contributed by atoms with van der Waals surface area (Å²) in [5, 5.41) is 0. The number of benzene rings is 1. The molecule has 0 radical (unpaired) electrons. The van der Waals surface area contributed by atoms with Crippen molar-refractivity contribution in [2.75, 3.05) is 20.6 Å². The van der Waals surface area contributed by atoms with Crippen LogP contribution in [-0.4, -0.2) is 25.5 Å². The van der Waals surface area contributed by atoms with E-state index in [1.54, 1.807) is 0 Å². The summed E-state index contributed by atoms with van der Waals surface area (Å²) in [6.07, 6.45) is 2.20. The molecule has 1 aromatic carbocycles. The highest BCUT2D eigenvalue weighted by atomic mass is 15.1. The SMILES string of the molecule is Cc1cc(C(C)(C)C)ccc1C(CCCN)N(C)C. The van der Waals surface area contributed by atoms with Crippen molar-refractivity contribution in [1.82, 2.24) is 4.90 Å². The van der Waals surface area contributed by atoms with E-state index in [1.807, 2.05) is 0 Å². The second kappa shape index (κ2) is 6.53. The molecule has 0 amide bonds. The highest BCUT2D eigenvalue weighted by molar-refractivity contribution is 5.36. The zero-order valence-corrected chi connectivity index (χ0v) is 13.5. The fourth-order valence-electron chi connectivity index (χ4n) is 2.52. The summed E-state index contributed by atoms with van der Waals surface area (Å²) in [6.45, 7) is 9.78. The maximum atomic E-state index is 5.66. The molecule has 0 saturated heterocycles. The Kier molecular flexibility index (Phi) is 5.57. The van der Waals surface area contributed by atoms with Gasteiger partial charge in [0.2, 0.25) is 0 Å². The van der Waals surface area contributed by atoms with E-state index in [0.29, 0.717) is 6.04 Å². The summed E-state index contributed by atoms with van der Waals surface area (Å²) < 4.78 is 0. The van der Waals surface area contributed by atoms with Gasteiger partial charge in [0.1, 0.15) is 0 Å². The third-order valence-corrected chi connectivity index (χ3v) is 3.80. The average molecular weight is 262 g/mol. The molecule has 0 aromatic heterocycles. The van der Waals surface area contributed by atoms with Crippen LogP contribution in [0.5, 0.6) is 0 Å². The lowest BCUT2D eigenvalue weighted by Crippen LogP contribution is -2.22. The third-order valence-electron chi connectivity index (χ3n) is 3.80. The molecule has 2 heteroatoms. The Morgan fingerprint density at radius 3 is 2.26 bits per heavy atom. The van der Waals surface area contributed by atoms with E-state index in [-0.39, 0.29) is 5.41 Å². The van der Waals surface area contributed by atoms with Gasteiger partial charge in [-0.15, -0.1) is 0 Å². The molecule has 19 heavy (non-hydrogen) atoms. The van der Waals surface area contributed by atoms with Crippen LogP contribution in [0.4, 0.5) is 0 Å². The van der Waals surface area contributed by atoms with E-state index in [0.717, 1.165) is 19.4 Å². The van der Waals surface area contributed by atoms with Crippen molar-refractivity contribution in [1.29, 1.82) is 0 Å². The molecule has 0 heterocycles. The Hall–Kier alpha value is -0.860. The Balaban J connectivity index is 3.05. The predicted molar refractivity (Wildman–Crippen MR) is 84.6 cm³/mol. The lowest BCUT2D eigenvalue weighted by Gasteiger charge is -2.28. The third kappa shape index (κ3) is 4.32. The minimum Gasteiger partial charge on any atom is -0.330 e. The Labute approximate surface area is 119 Å². The van der Waals surface area contributed by atoms with Crippen LogP contribution in [0.3, 0.4) is 0 Å². The highest BCUT2D eigenvalue weighted by Gasteiger charge is 2.19. The molecule has 0 aliphatic rings. The van der Waals surface area contributed by atoms with Crippen molar-refractivity contribution in [3.05, 3.63) is 34.9 Å². The van der Waals surface area contributed by atoms with Crippen LogP contribution in [0.2, 0.25) is 0 Å². The zero-order chi connectivity index (χ0) is 14.6. The number of nitrogens with zero attached hydrogens (tertiary/aromatic N) is 1. The van der Waals surface area contributed by atoms with Gasteiger partial charge in [-0.3, -0.25) is 0 Å². The van der Waals surface area contributed by atoms with Crippen LogP contribution in [0, 0.1) is 6.92 Å². The van der Waals surface area contributed by atoms with E-state index >= 15 is 0 Å². The first-order chi connectivity index (χ1) is 8.77. The van der Waals surface area contributed by atoms with E-state index in [2.05, 4.69) is 64.9 Å². The minimum atomic E-state index is 0.216. The van der Waals surface area contributed by atoms with Crippen molar-refractivity contribution < 1.29 is 0 Å². The highest BCUT2D eigenvalue weighted by Crippen LogP contribution is 2.30. The van der Waals surface area contributed by atoms with Gasteiger partial charge in [0.05, 0.1) is 0 Å². The second-order valence-electron chi connectivity index (χ2n) is 6.73. The van der Waals surface area contributed by atoms with Gasteiger partial charge in [0.25, 0.3) is 0 Å². The molecule has 2 N–H and O–H groups in total. The monoisotopic (exact) mass is 262 g/mol. The van der Waals surface area contributed by atoms with E-state index in [9.17, 15) is 0 Å². The lowest BCUT2D eigenvalue weighted by molar-refractivity contribution is 0.279. The molecular weight excluding hydrogens is 232 g/mol. The van der Waals surface area contributed by atoms with Gasteiger partial charge in [0, 0.05) is 6.04 Å². The van der Waals surface area contributed by atoms with Crippen molar-refractivity contribution in [3.63, 3.8) is 0 Å². The maximum Gasteiger partial charge on any atom is 0.0345 e. The summed E-state index contributed by atoms with van der Waals surface area (Å²) in [7, 11) is 4.30. The van der Waals surface area contributed by atoms with Crippen LogP contribution >= 0.6 is 0 Å². The zero-order valence-electron chi connectivity index (χ0n) is 13.5. The van der Waals surface area contributed by atoms with Crippen LogP contribution < -0.4 is 5.73 Å². The average Bonchev–Trinajstić information content (AvgIpc) is 2.29. The number of nitrogens with two attached hydrogens (primary N) is 1. The van der Waals surface area contributed by atoms with Gasteiger partial charge in [-0.25, -0.2) is 0 Å². The molecule has 2 nitrogen and oxygen atoms in total. The molecule has 1 atom stereocenters. The summed E-state index contributed by atoms with van der Waals surface area (Å²) in [5.74, 6) is 0. The fourth-order valence-corrected chi connectivity index (χ4v) is 2.52. The molecule has 0 bridgehead atoms. The second-order valence-corrected chi connectivity index (χ2v) is 6.73.